The molecule has 8 heterocycles. The normalized spacial score (nSPS) is 20.3. The van der Waals surface area contributed by atoms with Gasteiger partial charge < -0.3 is 81.1 Å². The molecule has 8 aliphatic heterocycles. The number of hydrogen-bond acceptors (Lipinski definition) is 17. The van der Waals surface area contributed by atoms with Crippen LogP contribution in [0.1, 0.15) is 70.6 Å². The molecule has 0 radical (unpaired) electrons. The molecule has 4 aromatic rings. The minimum Gasteiger partial charge on any atom is -0.489 e. The van der Waals surface area contributed by atoms with Gasteiger partial charge >= 0.3 is 0 Å². The Hall–Kier alpha value is -5.72. The van der Waals surface area contributed by atoms with Crippen LogP contribution < -0.4 is 61.5 Å². The summed E-state index contributed by atoms with van der Waals surface area (Å²) in [5.74, 6) is 3.74. The zero-order valence-corrected chi connectivity index (χ0v) is 48.2. The molecule has 8 N–H and O–H groups in total. The molecule has 0 spiro atoms. The second-order valence-electron chi connectivity index (χ2n) is 23.0. The molecule has 17 heteroatoms. The fourth-order valence-electron chi connectivity index (χ4n) is 12.4. The third-order valence-corrected chi connectivity index (χ3v) is 17.0. The van der Waals surface area contributed by atoms with Crippen molar-refractivity contribution in [3.8, 4) is 23.0 Å². The van der Waals surface area contributed by atoms with Gasteiger partial charge in [0.25, 0.3) is 0 Å². The van der Waals surface area contributed by atoms with Crippen LogP contribution in [0.4, 0.5) is 45.5 Å². The lowest BCUT2D eigenvalue weighted by Crippen LogP contribution is -2.41. The smallest absolute Gasteiger partial charge is 0.144 e. The molecule has 79 heavy (non-hydrogen) atoms. The Balaban J connectivity index is 0.000000128. The van der Waals surface area contributed by atoms with Crippen LogP contribution in [0.15, 0.2) is 72.8 Å². The third-order valence-electron chi connectivity index (χ3n) is 17.0. The van der Waals surface area contributed by atoms with Crippen LogP contribution in [0, 0.1) is 0 Å². The highest BCUT2D eigenvalue weighted by Gasteiger charge is 2.26. The van der Waals surface area contributed by atoms with Gasteiger partial charge in [0, 0.05) is 98.9 Å². The lowest BCUT2D eigenvalue weighted by atomic mass is 10.1. The first-order valence-corrected chi connectivity index (χ1v) is 30.3. The van der Waals surface area contributed by atoms with Gasteiger partial charge in [-0.1, -0.05) is 12.8 Å². The number of nitrogen functional groups attached to an aromatic ring is 4. The van der Waals surface area contributed by atoms with Crippen molar-refractivity contribution in [2.45, 2.75) is 76.7 Å². The van der Waals surface area contributed by atoms with Gasteiger partial charge in [0.1, 0.15) is 49.4 Å². The maximum Gasteiger partial charge on any atom is 0.144 e. The van der Waals surface area contributed by atoms with Gasteiger partial charge in [-0.3, -0.25) is 4.90 Å². The van der Waals surface area contributed by atoms with Crippen LogP contribution in [-0.4, -0.2) is 202 Å². The van der Waals surface area contributed by atoms with Crippen molar-refractivity contribution in [3.05, 3.63) is 72.8 Å². The number of ether oxygens (including phenoxy) is 4. The molecular weight excluding hydrogens is 991 g/mol. The molecule has 0 amide bonds. The number of nitrogens with two attached hydrogens (primary N) is 4. The van der Waals surface area contributed by atoms with E-state index in [2.05, 4.69) is 82.5 Å². The highest BCUT2D eigenvalue weighted by molar-refractivity contribution is 5.68. The molecule has 434 valence electrons. The summed E-state index contributed by atoms with van der Waals surface area (Å²) in [6, 6.07) is 24.6. The zero-order chi connectivity index (χ0) is 54.8. The van der Waals surface area contributed by atoms with E-state index in [-0.39, 0.29) is 0 Å². The van der Waals surface area contributed by atoms with Crippen molar-refractivity contribution >= 4 is 45.5 Å². The lowest BCUT2D eigenvalue weighted by molar-refractivity contribution is 0.226. The van der Waals surface area contributed by atoms with E-state index in [4.69, 9.17) is 41.9 Å². The molecule has 4 saturated heterocycles. The largest absolute Gasteiger partial charge is 0.489 e. The van der Waals surface area contributed by atoms with E-state index in [1.54, 1.807) is 0 Å². The predicted molar refractivity (Wildman–Crippen MR) is 328 cm³/mol. The van der Waals surface area contributed by atoms with E-state index in [9.17, 15) is 0 Å². The molecule has 12 rings (SSSR count). The number of piperidine rings is 2. The first kappa shape index (κ1) is 58.0. The summed E-state index contributed by atoms with van der Waals surface area (Å²) >= 11 is 0. The van der Waals surface area contributed by atoms with Crippen LogP contribution in [0.25, 0.3) is 0 Å². The van der Waals surface area contributed by atoms with E-state index < -0.39 is 0 Å². The van der Waals surface area contributed by atoms with Crippen molar-refractivity contribution in [1.29, 1.82) is 0 Å². The number of benzene rings is 4. The summed E-state index contributed by atoms with van der Waals surface area (Å²) in [4.78, 5) is 22.4. The van der Waals surface area contributed by atoms with Gasteiger partial charge in [0.2, 0.25) is 0 Å². The molecule has 1 atom stereocenters. The molecule has 0 saturated carbocycles. The van der Waals surface area contributed by atoms with Crippen molar-refractivity contribution in [2.24, 2.45) is 0 Å². The first-order valence-electron chi connectivity index (χ1n) is 30.3. The Labute approximate surface area is 473 Å². The highest BCUT2D eigenvalue weighted by atomic mass is 16.5. The fraction of sp³-hybridized carbons (Fsp3) is 0.613. The fourth-order valence-corrected chi connectivity index (χ4v) is 12.4. The van der Waals surface area contributed by atoms with Crippen LogP contribution >= 0.6 is 0 Å². The van der Waals surface area contributed by atoms with Crippen LogP contribution in [0.2, 0.25) is 0 Å². The summed E-state index contributed by atoms with van der Waals surface area (Å²) in [6.07, 6.45) is 14.8. The minimum absolute atomic E-state index is 0.710. The molecule has 8 aliphatic rings. The Morgan fingerprint density at radius 3 is 1.03 bits per heavy atom. The molecule has 1 unspecified atom stereocenters. The monoisotopic (exact) mass is 1090 g/mol. The summed E-state index contributed by atoms with van der Waals surface area (Å²) in [5, 5.41) is 0. The summed E-state index contributed by atoms with van der Waals surface area (Å²) in [6.45, 7) is 26.1. The number of hydrogen-bond donors (Lipinski definition) is 4. The van der Waals surface area contributed by atoms with Gasteiger partial charge in [-0.2, -0.15) is 0 Å². The van der Waals surface area contributed by atoms with Crippen LogP contribution in [0.5, 0.6) is 23.0 Å². The average molecular weight is 1090 g/mol. The average Bonchev–Trinajstić information content (AvgIpc) is 4.21. The Kier molecular flexibility index (Phi) is 21.8. The molecule has 0 aliphatic carbocycles. The molecule has 0 aromatic heterocycles. The van der Waals surface area contributed by atoms with E-state index in [0.29, 0.717) is 6.04 Å². The molecule has 17 nitrogen and oxygen atoms in total. The number of fused-ring (bicyclic) bond motifs is 4. The van der Waals surface area contributed by atoms with Crippen molar-refractivity contribution in [1.82, 2.24) is 24.5 Å². The van der Waals surface area contributed by atoms with Crippen LogP contribution in [0.3, 0.4) is 0 Å². The van der Waals surface area contributed by atoms with Gasteiger partial charge in [-0.05, 0) is 179 Å². The third kappa shape index (κ3) is 17.2. The second-order valence-corrected chi connectivity index (χ2v) is 23.0. The Bertz CT molecular complexity index is 2470. The molecular formula is C62H97N13O4. The Morgan fingerprint density at radius 2 is 0.684 bits per heavy atom. The minimum atomic E-state index is 0.710. The van der Waals surface area contributed by atoms with Crippen molar-refractivity contribution < 1.29 is 18.9 Å². The van der Waals surface area contributed by atoms with E-state index in [1.165, 1.54) is 159 Å². The van der Waals surface area contributed by atoms with Gasteiger partial charge in [-0.25, -0.2) is 0 Å². The maximum atomic E-state index is 5.83. The Morgan fingerprint density at radius 1 is 0.367 bits per heavy atom. The number of rotatable bonds is 15. The van der Waals surface area contributed by atoms with Crippen LogP contribution in [-0.2, 0) is 0 Å². The number of anilines is 8. The standard InChI is InChI=1S/C16H26N4O.C16H25N3O.2C15H23N3O/c1-18(2)14-5-6-19(12-14)7-8-20-9-10-21-16-11-13(17)3-4-15(16)20;17-14-5-6-15-16(13-14)20-12-11-19(15)10-4-9-18-7-2-1-3-8-18;16-13-4-5-14-15(12-13)19-11-10-18(14)9-3-8-17-6-1-2-7-17;16-13-4-5-14-15(12-13)19-11-10-18(14)9-8-17-6-2-1-3-7-17/h3-4,11,14H,5-10,12,17H2,1-2H3;5-6,13H,1-4,7-12,17H2;2*4-5,12H,1-3,6-11,16H2. The summed E-state index contributed by atoms with van der Waals surface area (Å²) in [7, 11) is 4.35. The van der Waals surface area contributed by atoms with Crippen molar-refractivity contribution in [2.75, 3.05) is 214 Å². The van der Waals surface area contributed by atoms with Gasteiger partial charge in [0.05, 0.1) is 48.9 Å². The zero-order valence-electron chi connectivity index (χ0n) is 48.2. The first-order chi connectivity index (χ1) is 38.6. The van der Waals surface area contributed by atoms with Gasteiger partial charge in [0.15, 0.2) is 0 Å². The summed E-state index contributed by atoms with van der Waals surface area (Å²) in [5.41, 5.74) is 31.1. The van der Waals surface area contributed by atoms with Crippen molar-refractivity contribution in [3.63, 3.8) is 0 Å². The van der Waals surface area contributed by atoms with E-state index in [1.807, 2.05) is 48.5 Å². The SMILES string of the molecule is CN(C)C1CCN(CCN2CCOc3cc(N)ccc32)C1.Nc1ccc2c(c1)OCCN2CCCN1CCCC1.Nc1ccc2c(c1)OCCN2CCCN1CCCCC1.Nc1ccc2c(c1)OCCN2CCN1CCCCC1. The van der Waals surface area contributed by atoms with Gasteiger partial charge in [-0.15, -0.1) is 0 Å². The molecule has 4 fully saturated rings. The number of nitrogens with zero attached hydrogens (tertiary/aromatic N) is 9. The highest BCUT2D eigenvalue weighted by Crippen LogP contribution is 2.37. The topological polar surface area (TPSA) is 170 Å². The quantitative estimate of drug-likeness (QED) is 0.0871. The van der Waals surface area contributed by atoms with E-state index >= 15 is 0 Å². The number of likely N-dealkylation sites (N-methyl/N-ethyl adjacent to an activating group) is 1. The molecule has 4 aromatic carbocycles. The molecule has 0 bridgehead atoms. The van der Waals surface area contributed by atoms with E-state index in [0.717, 1.165) is 138 Å². The number of likely N-dealkylation sites (tertiary alicyclic amines) is 4. The lowest BCUT2D eigenvalue weighted by Gasteiger charge is -2.34. The second kappa shape index (κ2) is 29.7. The summed E-state index contributed by atoms with van der Waals surface area (Å²) < 4.78 is 22.8. The predicted octanol–water partition coefficient (Wildman–Crippen LogP) is 7.35. The maximum absolute atomic E-state index is 5.83.